The lowest BCUT2D eigenvalue weighted by atomic mass is 9.97. The van der Waals surface area contributed by atoms with E-state index in [-0.39, 0.29) is 0 Å². The van der Waals surface area contributed by atoms with Gasteiger partial charge in [0.1, 0.15) is 11.9 Å². The Bertz CT molecular complexity index is 294. The Labute approximate surface area is 96.2 Å². The van der Waals surface area contributed by atoms with Gasteiger partial charge in [-0.15, -0.1) is 0 Å². The van der Waals surface area contributed by atoms with E-state index >= 15 is 0 Å². The number of aliphatic hydroxyl groups excluding tert-OH is 1. The van der Waals surface area contributed by atoms with E-state index in [9.17, 15) is 5.11 Å². The number of hydrogen-bond acceptors (Lipinski definition) is 3. The number of furan rings is 1. The van der Waals surface area contributed by atoms with Crippen LogP contribution in [0.3, 0.4) is 0 Å². The molecule has 0 spiro atoms. The van der Waals surface area contributed by atoms with Crippen LogP contribution in [0.25, 0.3) is 0 Å². The lowest BCUT2D eigenvalue weighted by Crippen LogP contribution is -2.18. The summed E-state index contributed by atoms with van der Waals surface area (Å²) in [6.45, 7) is 0. The highest BCUT2D eigenvalue weighted by atomic mass is 79.9. The summed E-state index contributed by atoms with van der Waals surface area (Å²) >= 11 is 5.29. The minimum Gasteiger partial charge on any atom is -0.465 e. The average Bonchev–Trinajstić information content (AvgIpc) is 2.65. The summed E-state index contributed by atoms with van der Waals surface area (Å²) < 4.78 is 6.15. The molecule has 1 N–H and O–H groups in total. The molecule has 1 aromatic heterocycles. The lowest BCUT2D eigenvalue weighted by molar-refractivity contribution is 0.0897. The van der Waals surface area contributed by atoms with Crippen molar-refractivity contribution in [2.75, 3.05) is 11.5 Å². The average molecular weight is 277 g/mol. The van der Waals surface area contributed by atoms with Crippen molar-refractivity contribution in [1.82, 2.24) is 0 Å². The molecule has 1 fully saturated rings. The third kappa shape index (κ3) is 2.18. The topological polar surface area (TPSA) is 33.4 Å². The van der Waals surface area contributed by atoms with Crippen molar-refractivity contribution in [3.63, 3.8) is 0 Å². The van der Waals surface area contributed by atoms with Gasteiger partial charge < -0.3 is 9.52 Å². The second-order valence-corrected chi connectivity index (χ2v) is 5.56. The van der Waals surface area contributed by atoms with Gasteiger partial charge in [0, 0.05) is 5.92 Å². The van der Waals surface area contributed by atoms with E-state index in [1.165, 1.54) is 12.2 Å². The molecule has 1 saturated heterocycles. The minimum absolute atomic E-state index is 0.344. The van der Waals surface area contributed by atoms with Crippen molar-refractivity contribution in [2.45, 2.75) is 18.9 Å². The van der Waals surface area contributed by atoms with Gasteiger partial charge in [0.25, 0.3) is 0 Å². The van der Waals surface area contributed by atoms with E-state index in [1.54, 1.807) is 6.26 Å². The zero-order valence-electron chi connectivity index (χ0n) is 7.78. The van der Waals surface area contributed by atoms with Crippen molar-refractivity contribution < 1.29 is 9.52 Å². The van der Waals surface area contributed by atoms with Gasteiger partial charge in [-0.2, -0.15) is 11.8 Å². The van der Waals surface area contributed by atoms with Gasteiger partial charge in [-0.3, -0.25) is 0 Å². The molecule has 0 amide bonds. The summed E-state index contributed by atoms with van der Waals surface area (Å²) in [5.41, 5.74) is 0. The van der Waals surface area contributed by atoms with Crippen LogP contribution in [0.4, 0.5) is 0 Å². The molecule has 0 saturated carbocycles. The summed E-state index contributed by atoms with van der Waals surface area (Å²) in [5, 5.41) is 10.1. The maximum absolute atomic E-state index is 10.1. The van der Waals surface area contributed by atoms with Gasteiger partial charge in [0.15, 0.2) is 0 Å². The van der Waals surface area contributed by atoms with Gasteiger partial charge in [0.05, 0.1) is 10.7 Å². The largest absolute Gasteiger partial charge is 0.465 e. The highest BCUT2D eigenvalue weighted by molar-refractivity contribution is 9.10. The zero-order chi connectivity index (χ0) is 9.97. The van der Waals surface area contributed by atoms with Gasteiger partial charge in [-0.1, -0.05) is 0 Å². The quantitative estimate of drug-likeness (QED) is 0.901. The maximum Gasteiger partial charge on any atom is 0.146 e. The van der Waals surface area contributed by atoms with Crippen molar-refractivity contribution in [3.8, 4) is 0 Å². The number of halogens is 1. The molecule has 1 aliphatic rings. The van der Waals surface area contributed by atoms with Crippen molar-refractivity contribution in [1.29, 1.82) is 0 Å². The van der Waals surface area contributed by atoms with E-state index in [4.69, 9.17) is 4.42 Å². The summed E-state index contributed by atoms with van der Waals surface area (Å²) in [4.78, 5) is 0. The Kier molecular flexibility index (Phi) is 3.57. The van der Waals surface area contributed by atoms with Crippen LogP contribution in [0, 0.1) is 5.92 Å². The molecule has 0 aliphatic carbocycles. The molecule has 0 radical (unpaired) electrons. The van der Waals surface area contributed by atoms with Crippen LogP contribution < -0.4 is 0 Å². The molecule has 1 aromatic rings. The molecule has 2 heterocycles. The van der Waals surface area contributed by atoms with Gasteiger partial charge in [-0.05, 0) is 46.3 Å². The fraction of sp³-hybridized carbons (Fsp3) is 0.600. The first-order chi connectivity index (χ1) is 6.79. The Morgan fingerprint density at radius 3 is 3.07 bits per heavy atom. The van der Waals surface area contributed by atoms with Crippen LogP contribution in [0.1, 0.15) is 24.7 Å². The van der Waals surface area contributed by atoms with Crippen LogP contribution >= 0.6 is 27.7 Å². The van der Waals surface area contributed by atoms with Crippen molar-refractivity contribution in [2.24, 2.45) is 5.92 Å². The molecule has 2 rings (SSSR count). The maximum atomic E-state index is 10.1. The molecule has 2 atom stereocenters. The number of aliphatic hydroxyl groups is 1. The zero-order valence-corrected chi connectivity index (χ0v) is 10.2. The predicted molar refractivity (Wildman–Crippen MR) is 61.4 cm³/mol. The Morgan fingerprint density at radius 2 is 2.50 bits per heavy atom. The molecule has 0 aromatic carbocycles. The van der Waals surface area contributed by atoms with E-state index in [2.05, 4.69) is 15.9 Å². The van der Waals surface area contributed by atoms with E-state index in [0.717, 1.165) is 16.6 Å². The van der Waals surface area contributed by atoms with Crippen LogP contribution in [0.15, 0.2) is 21.2 Å². The fourth-order valence-electron chi connectivity index (χ4n) is 1.75. The fourth-order valence-corrected chi connectivity index (χ4v) is 3.37. The highest BCUT2D eigenvalue weighted by Gasteiger charge is 2.26. The molecule has 1 aliphatic heterocycles. The first-order valence-electron chi connectivity index (χ1n) is 4.77. The summed E-state index contributed by atoms with van der Waals surface area (Å²) in [6, 6.07) is 1.83. The Balaban J connectivity index is 2.07. The highest BCUT2D eigenvalue weighted by Crippen LogP contribution is 2.36. The number of hydrogen-bond donors (Lipinski definition) is 1. The van der Waals surface area contributed by atoms with Crippen LogP contribution in [0.2, 0.25) is 0 Å². The minimum atomic E-state index is -0.452. The monoisotopic (exact) mass is 276 g/mol. The van der Waals surface area contributed by atoms with Gasteiger partial charge in [0.2, 0.25) is 0 Å². The van der Waals surface area contributed by atoms with Gasteiger partial charge in [-0.25, -0.2) is 0 Å². The first kappa shape index (κ1) is 10.6. The number of thioether (sulfide) groups is 1. The summed E-state index contributed by atoms with van der Waals surface area (Å²) in [5.74, 6) is 3.28. The van der Waals surface area contributed by atoms with Crippen LogP contribution in [-0.2, 0) is 0 Å². The molecular weight excluding hydrogens is 264 g/mol. The standard InChI is InChI=1S/C10H13BrO2S/c11-8-3-4-13-10(8)9(12)7-2-1-5-14-6-7/h3-4,7,9,12H,1-2,5-6H2. The van der Waals surface area contributed by atoms with E-state index < -0.39 is 6.10 Å². The van der Waals surface area contributed by atoms with Crippen molar-refractivity contribution in [3.05, 3.63) is 22.6 Å². The van der Waals surface area contributed by atoms with Crippen molar-refractivity contribution >= 4 is 27.7 Å². The second-order valence-electron chi connectivity index (χ2n) is 3.55. The molecule has 2 nitrogen and oxygen atoms in total. The molecule has 78 valence electrons. The summed E-state index contributed by atoms with van der Waals surface area (Å²) in [6.07, 6.45) is 3.46. The molecule has 14 heavy (non-hydrogen) atoms. The smallest absolute Gasteiger partial charge is 0.146 e. The third-order valence-corrected chi connectivity index (χ3v) is 4.45. The predicted octanol–water partition coefficient (Wildman–Crippen LogP) is 3.22. The molecular formula is C10H13BrO2S. The third-order valence-electron chi connectivity index (χ3n) is 2.56. The lowest BCUT2D eigenvalue weighted by Gasteiger charge is -2.25. The second kappa shape index (κ2) is 4.73. The SMILES string of the molecule is OC(c1occc1Br)C1CCCSC1. The van der Waals surface area contributed by atoms with Crippen LogP contribution in [0.5, 0.6) is 0 Å². The Hall–Kier alpha value is 0.0700. The molecule has 2 unspecified atom stereocenters. The molecule has 0 bridgehead atoms. The van der Waals surface area contributed by atoms with Crippen LogP contribution in [-0.4, -0.2) is 16.6 Å². The van der Waals surface area contributed by atoms with E-state index in [1.807, 2.05) is 17.8 Å². The Morgan fingerprint density at radius 1 is 1.64 bits per heavy atom. The molecule has 4 heteroatoms. The number of rotatable bonds is 2. The van der Waals surface area contributed by atoms with E-state index in [0.29, 0.717) is 11.7 Å². The normalized spacial score (nSPS) is 24.9. The summed E-state index contributed by atoms with van der Waals surface area (Å²) in [7, 11) is 0. The first-order valence-corrected chi connectivity index (χ1v) is 6.72. The van der Waals surface area contributed by atoms with Gasteiger partial charge >= 0.3 is 0 Å².